The minimum absolute atomic E-state index is 0.0260. The van der Waals surface area contributed by atoms with Crippen LogP contribution in [0.5, 0.6) is 5.88 Å². The van der Waals surface area contributed by atoms with Crippen LogP contribution in [0.4, 0.5) is 0 Å². The van der Waals surface area contributed by atoms with Crippen molar-refractivity contribution in [2.45, 2.75) is 26.9 Å². The van der Waals surface area contributed by atoms with Gasteiger partial charge in [-0.25, -0.2) is 0 Å². The van der Waals surface area contributed by atoms with Gasteiger partial charge in [-0.2, -0.15) is 0 Å². The van der Waals surface area contributed by atoms with Gasteiger partial charge in [0.15, 0.2) is 11.3 Å². The zero-order valence-electron chi connectivity index (χ0n) is 7.55. The molecule has 3 nitrogen and oxygen atoms in total. The van der Waals surface area contributed by atoms with Crippen molar-refractivity contribution in [2.24, 2.45) is 0 Å². The van der Waals surface area contributed by atoms with Crippen molar-refractivity contribution in [1.82, 2.24) is 4.98 Å². The highest BCUT2D eigenvalue weighted by atomic mass is 16.5. The molecule has 0 aromatic carbocycles. The Morgan fingerprint density at radius 3 is 2.58 bits per heavy atom. The Hall–Kier alpha value is -1.25. The molecule has 1 aromatic heterocycles. The predicted octanol–water partition coefficient (Wildman–Crippen LogP) is 1.47. The molecule has 0 amide bonds. The van der Waals surface area contributed by atoms with Gasteiger partial charge >= 0.3 is 0 Å². The molecule has 66 valence electrons. The summed E-state index contributed by atoms with van der Waals surface area (Å²) in [6, 6.07) is 2.99. The highest BCUT2D eigenvalue weighted by Crippen LogP contribution is 2.05. The highest BCUT2D eigenvalue weighted by molar-refractivity contribution is 5.15. The second-order valence-electron chi connectivity index (χ2n) is 3.03. The minimum atomic E-state index is -0.0260. The van der Waals surface area contributed by atoms with Gasteiger partial charge in [0.2, 0.25) is 0 Å². The van der Waals surface area contributed by atoms with Gasteiger partial charge < -0.3 is 9.72 Å². The standard InChI is InChI=1S/C9H13NO2/c1-6(2)12-9-5-8(11)4-7(3)10-9/h4-6H,1-3H3,(H,10,11). The van der Waals surface area contributed by atoms with Gasteiger partial charge in [0.25, 0.3) is 0 Å². The van der Waals surface area contributed by atoms with Gasteiger partial charge in [-0.05, 0) is 20.8 Å². The van der Waals surface area contributed by atoms with E-state index in [2.05, 4.69) is 4.98 Å². The molecule has 0 aliphatic heterocycles. The third-order valence-electron chi connectivity index (χ3n) is 1.32. The molecule has 0 aliphatic carbocycles. The first-order valence-corrected chi connectivity index (χ1v) is 3.95. The summed E-state index contributed by atoms with van der Waals surface area (Å²) in [5.41, 5.74) is 0.792. The fourth-order valence-corrected chi connectivity index (χ4v) is 0.968. The van der Waals surface area contributed by atoms with E-state index in [1.54, 1.807) is 0 Å². The number of rotatable bonds is 2. The van der Waals surface area contributed by atoms with E-state index in [9.17, 15) is 4.79 Å². The van der Waals surface area contributed by atoms with E-state index < -0.39 is 0 Å². The molecule has 0 fully saturated rings. The van der Waals surface area contributed by atoms with Gasteiger partial charge in [-0.1, -0.05) is 0 Å². The van der Waals surface area contributed by atoms with Crippen LogP contribution < -0.4 is 10.2 Å². The summed E-state index contributed by atoms with van der Waals surface area (Å²) in [5.74, 6) is 0.537. The van der Waals surface area contributed by atoms with Crippen molar-refractivity contribution in [3.63, 3.8) is 0 Å². The lowest BCUT2D eigenvalue weighted by Crippen LogP contribution is -2.10. The average molecular weight is 167 g/mol. The Kier molecular flexibility index (Phi) is 2.53. The van der Waals surface area contributed by atoms with Gasteiger partial charge in [0.05, 0.1) is 6.10 Å². The number of aromatic nitrogens is 1. The summed E-state index contributed by atoms with van der Waals surface area (Å²) in [4.78, 5) is 13.9. The Labute approximate surface area is 71.4 Å². The molecule has 1 N–H and O–H groups in total. The van der Waals surface area contributed by atoms with Gasteiger partial charge in [-0.3, -0.25) is 4.79 Å². The number of pyridine rings is 1. The molecule has 0 saturated heterocycles. The Bertz CT molecular complexity index is 315. The number of aryl methyl sites for hydroxylation is 1. The molecule has 0 unspecified atom stereocenters. The molecular weight excluding hydrogens is 154 g/mol. The molecule has 1 heterocycles. The first-order chi connectivity index (χ1) is 5.58. The van der Waals surface area contributed by atoms with E-state index in [1.165, 1.54) is 12.1 Å². The van der Waals surface area contributed by atoms with Crippen LogP contribution in [0.2, 0.25) is 0 Å². The normalized spacial score (nSPS) is 10.3. The van der Waals surface area contributed by atoms with Gasteiger partial charge in [0, 0.05) is 17.8 Å². The van der Waals surface area contributed by atoms with Crippen molar-refractivity contribution >= 4 is 0 Å². The zero-order chi connectivity index (χ0) is 9.14. The molecule has 0 saturated carbocycles. The van der Waals surface area contributed by atoms with Crippen LogP contribution in [0.25, 0.3) is 0 Å². The van der Waals surface area contributed by atoms with Gasteiger partial charge in [0.1, 0.15) is 0 Å². The van der Waals surface area contributed by atoms with Crippen LogP contribution in [0.1, 0.15) is 19.5 Å². The number of aromatic amines is 1. The fraction of sp³-hybridized carbons (Fsp3) is 0.444. The summed E-state index contributed by atoms with van der Waals surface area (Å²) in [6.45, 7) is 5.66. The van der Waals surface area contributed by atoms with Crippen LogP contribution in [0.15, 0.2) is 16.9 Å². The average Bonchev–Trinajstić information content (AvgIpc) is 1.81. The molecule has 3 heteroatoms. The van der Waals surface area contributed by atoms with Crippen LogP contribution in [0, 0.1) is 6.92 Å². The Balaban J connectivity index is 2.93. The smallest absolute Gasteiger partial charge is 0.195 e. The molecule has 0 bridgehead atoms. The second kappa shape index (κ2) is 3.43. The highest BCUT2D eigenvalue weighted by Gasteiger charge is 1.98. The second-order valence-corrected chi connectivity index (χ2v) is 3.03. The van der Waals surface area contributed by atoms with E-state index in [-0.39, 0.29) is 11.5 Å². The topological polar surface area (TPSA) is 42.1 Å². The van der Waals surface area contributed by atoms with Crippen LogP contribution in [-0.4, -0.2) is 11.1 Å². The van der Waals surface area contributed by atoms with Crippen molar-refractivity contribution in [2.75, 3.05) is 0 Å². The van der Waals surface area contributed by atoms with Crippen molar-refractivity contribution in [3.8, 4) is 5.88 Å². The maximum absolute atomic E-state index is 11.0. The van der Waals surface area contributed by atoms with Crippen LogP contribution >= 0.6 is 0 Å². The molecule has 1 rings (SSSR count). The SMILES string of the molecule is Cc1cc(=O)cc(OC(C)C)[nH]1. The summed E-state index contributed by atoms with van der Waals surface area (Å²) < 4.78 is 5.32. The number of hydrogen-bond donors (Lipinski definition) is 1. The summed E-state index contributed by atoms with van der Waals surface area (Å²) >= 11 is 0. The molecule has 0 radical (unpaired) electrons. The van der Waals surface area contributed by atoms with Crippen LogP contribution in [-0.2, 0) is 0 Å². The molecule has 0 aliphatic rings. The number of ether oxygens (including phenoxy) is 1. The maximum atomic E-state index is 11.0. The van der Waals surface area contributed by atoms with Crippen molar-refractivity contribution in [1.29, 1.82) is 0 Å². The van der Waals surface area contributed by atoms with E-state index in [0.29, 0.717) is 5.88 Å². The van der Waals surface area contributed by atoms with E-state index in [4.69, 9.17) is 4.74 Å². The van der Waals surface area contributed by atoms with Crippen molar-refractivity contribution < 1.29 is 4.74 Å². The minimum Gasteiger partial charge on any atom is -0.476 e. The van der Waals surface area contributed by atoms with Crippen LogP contribution in [0.3, 0.4) is 0 Å². The maximum Gasteiger partial charge on any atom is 0.195 e. The third-order valence-corrected chi connectivity index (χ3v) is 1.32. The number of H-pyrrole nitrogens is 1. The molecule has 0 spiro atoms. The first-order valence-electron chi connectivity index (χ1n) is 3.95. The monoisotopic (exact) mass is 167 g/mol. The summed E-state index contributed by atoms with van der Waals surface area (Å²) in [7, 11) is 0. The molecule has 1 aromatic rings. The lowest BCUT2D eigenvalue weighted by Gasteiger charge is -2.09. The van der Waals surface area contributed by atoms with Crippen molar-refractivity contribution in [3.05, 3.63) is 28.0 Å². The first kappa shape index (κ1) is 8.84. The molecule has 0 atom stereocenters. The zero-order valence-corrected chi connectivity index (χ0v) is 7.55. The van der Waals surface area contributed by atoms with Gasteiger partial charge in [-0.15, -0.1) is 0 Å². The van der Waals surface area contributed by atoms with E-state index in [1.807, 2.05) is 20.8 Å². The summed E-state index contributed by atoms with van der Waals surface area (Å²) in [6.07, 6.45) is 0.0856. The van der Waals surface area contributed by atoms with E-state index >= 15 is 0 Å². The lowest BCUT2D eigenvalue weighted by atomic mass is 10.4. The van der Waals surface area contributed by atoms with E-state index in [0.717, 1.165) is 5.69 Å². The Morgan fingerprint density at radius 2 is 2.08 bits per heavy atom. The largest absolute Gasteiger partial charge is 0.476 e. The Morgan fingerprint density at radius 1 is 1.42 bits per heavy atom. The third kappa shape index (κ3) is 2.42. The molecule has 12 heavy (non-hydrogen) atoms. The quantitative estimate of drug-likeness (QED) is 0.724. The lowest BCUT2D eigenvalue weighted by molar-refractivity contribution is 0.232. The summed E-state index contributed by atoms with van der Waals surface area (Å²) in [5, 5.41) is 0. The number of nitrogens with one attached hydrogen (secondary N) is 1. The fourth-order valence-electron chi connectivity index (χ4n) is 0.968. The predicted molar refractivity (Wildman–Crippen MR) is 47.6 cm³/mol. The number of hydrogen-bond acceptors (Lipinski definition) is 2. The molecular formula is C9H13NO2.